The van der Waals surface area contributed by atoms with Gasteiger partial charge in [0.15, 0.2) is 5.82 Å². The average molecular weight is 292 g/mol. The van der Waals surface area contributed by atoms with Crippen LogP contribution in [-0.2, 0) is 0 Å². The van der Waals surface area contributed by atoms with E-state index in [2.05, 4.69) is 9.97 Å². The SMILES string of the molecule is CC(C)(C)C(O)c1nc(-c2ccccc2)c2ccccc2n1. The van der Waals surface area contributed by atoms with E-state index >= 15 is 0 Å². The molecule has 1 aromatic heterocycles. The van der Waals surface area contributed by atoms with Crippen LogP contribution in [0.15, 0.2) is 54.6 Å². The summed E-state index contributed by atoms with van der Waals surface area (Å²) in [6, 6.07) is 17.9. The Kier molecular flexibility index (Phi) is 3.67. The summed E-state index contributed by atoms with van der Waals surface area (Å²) in [5.41, 5.74) is 2.44. The first-order valence-electron chi connectivity index (χ1n) is 7.47. The Morgan fingerprint density at radius 1 is 0.864 bits per heavy atom. The Morgan fingerprint density at radius 2 is 1.50 bits per heavy atom. The second-order valence-electron chi connectivity index (χ2n) is 6.58. The number of aliphatic hydroxyl groups is 1. The molecule has 1 atom stereocenters. The molecule has 2 aromatic carbocycles. The molecule has 1 unspecified atom stereocenters. The maximum atomic E-state index is 10.6. The number of para-hydroxylation sites is 1. The normalized spacial score (nSPS) is 13.3. The van der Waals surface area contributed by atoms with Crippen molar-refractivity contribution in [3.8, 4) is 11.3 Å². The van der Waals surface area contributed by atoms with Crippen LogP contribution < -0.4 is 0 Å². The molecule has 0 fully saturated rings. The Balaban J connectivity index is 2.26. The van der Waals surface area contributed by atoms with Crippen molar-refractivity contribution in [3.63, 3.8) is 0 Å². The van der Waals surface area contributed by atoms with Crippen molar-refractivity contribution in [1.29, 1.82) is 0 Å². The van der Waals surface area contributed by atoms with Gasteiger partial charge in [-0.25, -0.2) is 9.97 Å². The summed E-state index contributed by atoms with van der Waals surface area (Å²) in [7, 11) is 0. The van der Waals surface area contributed by atoms with Crippen molar-refractivity contribution < 1.29 is 5.11 Å². The van der Waals surface area contributed by atoms with Gasteiger partial charge in [0, 0.05) is 10.9 Å². The average Bonchev–Trinajstić information content (AvgIpc) is 2.53. The van der Waals surface area contributed by atoms with Crippen LogP contribution in [-0.4, -0.2) is 15.1 Å². The van der Waals surface area contributed by atoms with Crippen LogP contribution in [0.25, 0.3) is 22.2 Å². The zero-order valence-electron chi connectivity index (χ0n) is 13.1. The van der Waals surface area contributed by atoms with Crippen LogP contribution in [0.5, 0.6) is 0 Å². The summed E-state index contributed by atoms with van der Waals surface area (Å²) in [5, 5.41) is 11.6. The number of aliphatic hydroxyl groups excluding tert-OH is 1. The van der Waals surface area contributed by atoms with Crippen LogP contribution in [0.3, 0.4) is 0 Å². The molecule has 1 N–H and O–H groups in total. The van der Waals surface area contributed by atoms with Gasteiger partial charge in [0.25, 0.3) is 0 Å². The minimum atomic E-state index is -0.709. The highest BCUT2D eigenvalue weighted by Crippen LogP contribution is 2.33. The Hall–Kier alpha value is -2.26. The Bertz CT molecular complexity index is 791. The van der Waals surface area contributed by atoms with E-state index < -0.39 is 6.10 Å². The molecule has 112 valence electrons. The summed E-state index contributed by atoms with van der Waals surface area (Å²) in [6.45, 7) is 5.95. The zero-order chi connectivity index (χ0) is 15.7. The van der Waals surface area contributed by atoms with Gasteiger partial charge < -0.3 is 5.11 Å². The van der Waals surface area contributed by atoms with E-state index in [9.17, 15) is 5.11 Å². The van der Waals surface area contributed by atoms with E-state index in [1.54, 1.807) is 0 Å². The van der Waals surface area contributed by atoms with Gasteiger partial charge in [-0.05, 0) is 11.5 Å². The first-order chi connectivity index (χ1) is 10.5. The predicted octanol–water partition coefficient (Wildman–Crippen LogP) is 4.38. The maximum absolute atomic E-state index is 10.6. The lowest BCUT2D eigenvalue weighted by atomic mass is 9.88. The second-order valence-corrected chi connectivity index (χ2v) is 6.58. The topological polar surface area (TPSA) is 46.0 Å². The minimum absolute atomic E-state index is 0.309. The maximum Gasteiger partial charge on any atom is 0.158 e. The van der Waals surface area contributed by atoms with Crippen LogP contribution in [0.2, 0.25) is 0 Å². The molecule has 1 heterocycles. The van der Waals surface area contributed by atoms with Gasteiger partial charge in [-0.1, -0.05) is 69.3 Å². The quantitative estimate of drug-likeness (QED) is 0.762. The number of hydrogen-bond donors (Lipinski definition) is 1. The molecule has 22 heavy (non-hydrogen) atoms. The fourth-order valence-corrected chi connectivity index (χ4v) is 2.42. The van der Waals surface area contributed by atoms with Crippen LogP contribution >= 0.6 is 0 Å². The van der Waals surface area contributed by atoms with Gasteiger partial charge in [-0.3, -0.25) is 0 Å². The molecule has 0 aliphatic heterocycles. The summed E-state index contributed by atoms with van der Waals surface area (Å²) >= 11 is 0. The number of rotatable bonds is 2. The van der Waals surface area contributed by atoms with E-state index in [0.717, 1.165) is 22.2 Å². The van der Waals surface area contributed by atoms with Gasteiger partial charge >= 0.3 is 0 Å². The standard InChI is InChI=1S/C19H20N2O/c1-19(2,3)17(22)18-20-15-12-8-7-11-14(15)16(21-18)13-9-5-4-6-10-13/h4-12,17,22H,1-3H3. The molecule has 3 nitrogen and oxygen atoms in total. The van der Waals surface area contributed by atoms with Crippen molar-refractivity contribution in [1.82, 2.24) is 9.97 Å². The highest BCUT2D eigenvalue weighted by atomic mass is 16.3. The number of hydrogen-bond acceptors (Lipinski definition) is 3. The summed E-state index contributed by atoms with van der Waals surface area (Å²) in [4.78, 5) is 9.24. The molecule has 0 amide bonds. The zero-order valence-corrected chi connectivity index (χ0v) is 13.1. The van der Waals surface area contributed by atoms with Crippen LogP contribution in [0.4, 0.5) is 0 Å². The van der Waals surface area contributed by atoms with E-state index in [1.807, 2.05) is 75.4 Å². The highest BCUT2D eigenvalue weighted by Gasteiger charge is 2.27. The highest BCUT2D eigenvalue weighted by molar-refractivity contribution is 5.92. The number of nitrogens with zero attached hydrogens (tertiary/aromatic N) is 2. The molecule has 0 spiro atoms. The molecule has 0 saturated heterocycles. The first kappa shape index (κ1) is 14.7. The van der Waals surface area contributed by atoms with E-state index in [-0.39, 0.29) is 5.41 Å². The Morgan fingerprint density at radius 3 is 2.18 bits per heavy atom. The molecule has 3 rings (SSSR count). The third-order valence-corrected chi connectivity index (χ3v) is 3.73. The third-order valence-electron chi connectivity index (χ3n) is 3.73. The lowest BCUT2D eigenvalue weighted by molar-refractivity contribution is 0.0553. The molecule has 0 radical (unpaired) electrons. The first-order valence-corrected chi connectivity index (χ1v) is 7.47. The summed E-state index contributed by atoms with van der Waals surface area (Å²) in [5.74, 6) is 0.477. The number of aromatic nitrogens is 2. The third kappa shape index (κ3) is 2.72. The second kappa shape index (κ2) is 5.50. The van der Waals surface area contributed by atoms with Crippen molar-refractivity contribution >= 4 is 10.9 Å². The minimum Gasteiger partial charge on any atom is -0.385 e. The van der Waals surface area contributed by atoms with Crippen molar-refractivity contribution in [2.45, 2.75) is 26.9 Å². The lowest BCUT2D eigenvalue weighted by Gasteiger charge is -2.25. The fourth-order valence-electron chi connectivity index (χ4n) is 2.42. The lowest BCUT2D eigenvalue weighted by Crippen LogP contribution is -2.20. The molecule has 0 bridgehead atoms. The van der Waals surface area contributed by atoms with Gasteiger partial charge in [0.2, 0.25) is 0 Å². The Labute approximate surface area is 130 Å². The smallest absolute Gasteiger partial charge is 0.158 e. The molecule has 3 aromatic rings. The van der Waals surface area contributed by atoms with Gasteiger partial charge in [0.05, 0.1) is 11.2 Å². The number of fused-ring (bicyclic) bond motifs is 1. The molecule has 0 aliphatic carbocycles. The van der Waals surface area contributed by atoms with E-state index in [1.165, 1.54) is 0 Å². The molecular formula is C19H20N2O. The number of benzene rings is 2. The van der Waals surface area contributed by atoms with Crippen molar-refractivity contribution in [2.24, 2.45) is 5.41 Å². The van der Waals surface area contributed by atoms with E-state index in [0.29, 0.717) is 5.82 Å². The van der Waals surface area contributed by atoms with E-state index in [4.69, 9.17) is 0 Å². The van der Waals surface area contributed by atoms with Crippen LogP contribution in [0.1, 0.15) is 32.7 Å². The fraction of sp³-hybridized carbons (Fsp3) is 0.263. The van der Waals surface area contributed by atoms with Gasteiger partial charge in [0.1, 0.15) is 6.10 Å². The predicted molar refractivity (Wildman–Crippen MR) is 89.4 cm³/mol. The van der Waals surface area contributed by atoms with Gasteiger partial charge in [-0.15, -0.1) is 0 Å². The molecule has 3 heteroatoms. The van der Waals surface area contributed by atoms with Gasteiger partial charge in [-0.2, -0.15) is 0 Å². The molecular weight excluding hydrogens is 272 g/mol. The van der Waals surface area contributed by atoms with Crippen molar-refractivity contribution in [3.05, 3.63) is 60.4 Å². The van der Waals surface area contributed by atoms with Crippen molar-refractivity contribution in [2.75, 3.05) is 0 Å². The van der Waals surface area contributed by atoms with Crippen LogP contribution in [0, 0.1) is 5.41 Å². The summed E-state index contributed by atoms with van der Waals surface area (Å²) in [6.07, 6.45) is -0.709. The monoisotopic (exact) mass is 292 g/mol. The molecule has 0 saturated carbocycles. The molecule has 0 aliphatic rings. The summed E-state index contributed by atoms with van der Waals surface area (Å²) < 4.78 is 0. The largest absolute Gasteiger partial charge is 0.385 e.